The summed E-state index contributed by atoms with van der Waals surface area (Å²) in [5.74, 6) is 0. The largest absolute Gasteiger partial charge is 0.398 e. The van der Waals surface area contributed by atoms with E-state index >= 15 is 0 Å². The van der Waals surface area contributed by atoms with Crippen molar-refractivity contribution in [2.45, 2.75) is 33.6 Å². The molecule has 0 unspecified atom stereocenters. The van der Waals surface area contributed by atoms with Gasteiger partial charge >= 0.3 is 0 Å². The second kappa shape index (κ2) is 4.40. The average Bonchev–Trinajstić information content (AvgIpc) is 2.29. The molecule has 0 saturated heterocycles. The summed E-state index contributed by atoms with van der Waals surface area (Å²) >= 11 is 0. The van der Waals surface area contributed by atoms with Crippen LogP contribution in [0, 0.1) is 5.41 Å². The Morgan fingerprint density at radius 2 is 1.71 bits per heavy atom. The summed E-state index contributed by atoms with van der Waals surface area (Å²) in [6.45, 7) is 6.72. The number of allylic oxidation sites excluding steroid dienone is 3. The van der Waals surface area contributed by atoms with Crippen LogP contribution in [0.15, 0.2) is 47.7 Å². The van der Waals surface area contributed by atoms with Crippen LogP contribution in [0.2, 0.25) is 0 Å². The molecule has 0 bridgehead atoms. The Morgan fingerprint density at radius 1 is 1.06 bits per heavy atom. The van der Waals surface area contributed by atoms with Crippen LogP contribution in [-0.2, 0) is 0 Å². The van der Waals surface area contributed by atoms with Gasteiger partial charge in [-0.1, -0.05) is 57.2 Å². The van der Waals surface area contributed by atoms with Gasteiger partial charge in [0.05, 0.1) is 0 Å². The Balaban J connectivity index is 2.44. The van der Waals surface area contributed by atoms with Crippen molar-refractivity contribution in [2.75, 3.05) is 0 Å². The second-order valence-corrected chi connectivity index (χ2v) is 5.66. The van der Waals surface area contributed by atoms with Gasteiger partial charge in [-0.25, -0.2) is 0 Å². The third kappa shape index (κ3) is 2.44. The second-order valence-electron chi connectivity index (χ2n) is 5.66. The number of hydrogen-bond acceptors (Lipinski definition) is 1. The lowest BCUT2D eigenvalue weighted by molar-refractivity contribution is 0.477. The normalized spacial score (nSPS) is 17.0. The predicted octanol–water partition coefficient (Wildman–Crippen LogP) is 4.12. The quantitative estimate of drug-likeness (QED) is 0.767. The standard InChI is InChI=1S/C16H21N/c1-16(2,3)14-11-7-10-13(15(14)17)12-8-5-4-6-9-12/h4-6,8-10H,7,11,17H2,1-3H3. The first kappa shape index (κ1) is 12.0. The Bertz CT molecular complexity index is 458. The van der Waals surface area contributed by atoms with Crippen LogP contribution in [0.25, 0.3) is 5.57 Å². The third-order valence-electron chi connectivity index (χ3n) is 3.35. The van der Waals surface area contributed by atoms with E-state index in [-0.39, 0.29) is 5.41 Å². The lowest BCUT2D eigenvalue weighted by Crippen LogP contribution is -2.19. The van der Waals surface area contributed by atoms with Crippen molar-refractivity contribution in [3.63, 3.8) is 0 Å². The monoisotopic (exact) mass is 227 g/mol. The van der Waals surface area contributed by atoms with E-state index in [0.29, 0.717) is 0 Å². The van der Waals surface area contributed by atoms with Crippen molar-refractivity contribution in [3.05, 3.63) is 53.2 Å². The minimum atomic E-state index is 0.165. The van der Waals surface area contributed by atoms with Crippen LogP contribution in [0.1, 0.15) is 39.2 Å². The van der Waals surface area contributed by atoms with Crippen LogP contribution in [0.4, 0.5) is 0 Å². The number of benzene rings is 1. The molecule has 1 aliphatic rings. The van der Waals surface area contributed by atoms with Crippen molar-refractivity contribution in [1.29, 1.82) is 0 Å². The molecular weight excluding hydrogens is 206 g/mol. The Morgan fingerprint density at radius 3 is 2.29 bits per heavy atom. The summed E-state index contributed by atoms with van der Waals surface area (Å²) in [5.41, 5.74) is 11.3. The van der Waals surface area contributed by atoms with Gasteiger partial charge in [-0.2, -0.15) is 0 Å². The summed E-state index contributed by atoms with van der Waals surface area (Å²) in [6, 6.07) is 10.4. The molecule has 2 N–H and O–H groups in total. The molecular formula is C16H21N. The molecule has 0 saturated carbocycles. The van der Waals surface area contributed by atoms with E-state index < -0.39 is 0 Å². The first-order chi connectivity index (χ1) is 8.00. The predicted molar refractivity (Wildman–Crippen MR) is 74.3 cm³/mol. The van der Waals surface area contributed by atoms with Crippen LogP contribution in [-0.4, -0.2) is 0 Å². The molecule has 90 valence electrons. The molecule has 0 radical (unpaired) electrons. The minimum absolute atomic E-state index is 0.165. The van der Waals surface area contributed by atoms with Gasteiger partial charge in [0.2, 0.25) is 0 Å². The van der Waals surface area contributed by atoms with E-state index in [1.807, 2.05) is 6.07 Å². The lowest BCUT2D eigenvalue weighted by Gasteiger charge is -2.29. The molecule has 0 aromatic heterocycles. The molecule has 1 heteroatoms. The van der Waals surface area contributed by atoms with Gasteiger partial charge in [0, 0.05) is 11.3 Å². The maximum atomic E-state index is 6.35. The first-order valence-corrected chi connectivity index (χ1v) is 6.25. The lowest BCUT2D eigenvalue weighted by atomic mass is 9.78. The highest BCUT2D eigenvalue weighted by Gasteiger charge is 2.24. The van der Waals surface area contributed by atoms with Crippen molar-refractivity contribution in [2.24, 2.45) is 11.1 Å². The maximum absolute atomic E-state index is 6.35. The summed E-state index contributed by atoms with van der Waals surface area (Å²) in [6.07, 6.45) is 4.45. The summed E-state index contributed by atoms with van der Waals surface area (Å²) in [4.78, 5) is 0. The van der Waals surface area contributed by atoms with Crippen LogP contribution < -0.4 is 5.73 Å². The third-order valence-corrected chi connectivity index (χ3v) is 3.35. The van der Waals surface area contributed by atoms with E-state index in [4.69, 9.17) is 5.73 Å². The van der Waals surface area contributed by atoms with E-state index in [9.17, 15) is 0 Å². The van der Waals surface area contributed by atoms with Crippen LogP contribution in [0.3, 0.4) is 0 Å². The molecule has 1 aromatic rings. The van der Waals surface area contributed by atoms with E-state index in [0.717, 1.165) is 18.5 Å². The fourth-order valence-corrected chi connectivity index (χ4v) is 2.44. The zero-order valence-corrected chi connectivity index (χ0v) is 11.0. The van der Waals surface area contributed by atoms with E-state index in [2.05, 4.69) is 51.1 Å². The van der Waals surface area contributed by atoms with Crippen molar-refractivity contribution < 1.29 is 0 Å². The molecule has 1 aliphatic carbocycles. The number of rotatable bonds is 1. The van der Waals surface area contributed by atoms with Gasteiger partial charge in [-0.3, -0.25) is 0 Å². The molecule has 1 aromatic carbocycles. The van der Waals surface area contributed by atoms with Gasteiger partial charge in [-0.05, 0) is 29.4 Å². The molecule has 2 rings (SSSR count). The highest BCUT2D eigenvalue weighted by Crippen LogP contribution is 2.38. The smallest absolute Gasteiger partial charge is 0.0387 e. The Labute approximate surface area is 104 Å². The van der Waals surface area contributed by atoms with E-state index in [1.54, 1.807) is 0 Å². The Hall–Kier alpha value is -1.50. The minimum Gasteiger partial charge on any atom is -0.398 e. The molecule has 0 spiro atoms. The molecule has 0 fully saturated rings. The van der Waals surface area contributed by atoms with Gasteiger partial charge in [0.1, 0.15) is 0 Å². The Kier molecular flexibility index (Phi) is 3.10. The summed E-state index contributed by atoms with van der Waals surface area (Å²) in [5, 5.41) is 0. The molecule has 0 amide bonds. The topological polar surface area (TPSA) is 26.0 Å². The van der Waals surface area contributed by atoms with Crippen LogP contribution >= 0.6 is 0 Å². The van der Waals surface area contributed by atoms with Crippen molar-refractivity contribution in [3.8, 4) is 0 Å². The maximum Gasteiger partial charge on any atom is 0.0387 e. The number of nitrogens with two attached hydrogens (primary N) is 1. The zero-order valence-electron chi connectivity index (χ0n) is 11.0. The summed E-state index contributed by atoms with van der Waals surface area (Å²) in [7, 11) is 0. The SMILES string of the molecule is CC(C)(C)C1=C(N)C(c2ccccc2)=CCC1. The fourth-order valence-electron chi connectivity index (χ4n) is 2.44. The first-order valence-electron chi connectivity index (χ1n) is 6.25. The molecule has 17 heavy (non-hydrogen) atoms. The van der Waals surface area contributed by atoms with E-state index in [1.165, 1.54) is 16.7 Å². The fraction of sp³-hybridized carbons (Fsp3) is 0.375. The molecule has 0 atom stereocenters. The number of hydrogen-bond donors (Lipinski definition) is 1. The van der Waals surface area contributed by atoms with Gasteiger partial charge in [-0.15, -0.1) is 0 Å². The van der Waals surface area contributed by atoms with Crippen molar-refractivity contribution in [1.82, 2.24) is 0 Å². The van der Waals surface area contributed by atoms with Gasteiger partial charge < -0.3 is 5.73 Å². The van der Waals surface area contributed by atoms with Gasteiger partial charge in [0.25, 0.3) is 0 Å². The summed E-state index contributed by atoms with van der Waals surface area (Å²) < 4.78 is 0. The zero-order chi connectivity index (χ0) is 12.5. The molecule has 0 aliphatic heterocycles. The van der Waals surface area contributed by atoms with Crippen molar-refractivity contribution >= 4 is 5.57 Å². The van der Waals surface area contributed by atoms with Crippen LogP contribution in [0.5, 0.6) is 0 Å². The average molecular weight is 227 g/mol. The highest BCUT2D eigenvalue weighted by atomic mass is 14.6. The highest BCUT2D eigenvalue weighted by molar-refractivity contribution is 5.80. The van der Waals surface area contributed by atoms with Gasteiger partial charge in [0.15, 0.2) is 0 Å². The molecule has 1 nitrogen and oxygen atoms in total. The molecule has 0 heterocycles.